The van der Waals surface area contributed by atoms with Gasteiger partial charge in [0, 0.05) is 23.9 Å². The highest BCUT2D eigenvalue weighted by Gasteiger charge is 2.22. The summed E-state index contributed by atoms with van der Waals surface area (Å²) in [6.07, 6.45) is 2.51. The third-order valence-corrected chi connectivity index (χ3v) is 4.77. The molecule has 0 spiro atoms. The van der Waals surface area contributed by atoms with Gasteiger partial charge in [0.1, 0.15) is 0 Å². The van der Waals surface area contributed by atoms with Crippen LogP contribution in [-0.2, 0) is 0 Å². The van der Waals surface area contributed by atoms with Crippen molar-refractivity contribution >= 4 is 17.4 Å². The number of aliphatic hydroxyl groups is 1. The van der Waals surface area contributed by atoms with E-state index in [1.165, 1.54) is 4.88 Å². The summed E-state index contributed by atoms with van der Waals surface area (Å²) in [6, 6.07) is 4.02. The monoisotopic (exact) mass is 282 g/mol. The number of thiophene rings is 1. The van der Waals surface area contributed by atoms with Crippen molar-refractivity contribution in [3.8, 4) is 0 Å². The molecular formula is C14H22N2O2S. The van der Waals surface area contributed by atoms with Crippen LogP contribution in [0.15, 0.2) is 17.5 Å². The van der Waals surface area contributed by atoms with Crippen LogP contribution in [0.2, 0.25) is 0 Å². The molecule has 0 aliphatic heterocycles. The maximum absolute atomic E-state index is 11.7. The van der Waals surface area contributed by atoms with Crippen molar-refractivity contribution in [1.82, 2.24) is 10.6 Å². The second-order valence-electron chi connectivity index (χ2n) is 5.34. The summed E-state index contributed by atoms with van der Waals surface area (Å²) < 4.78 is 0. The predicted octanol–water partition coefficient (Wildman–Crippen LogP) is 2.31. The number of rotatable bonds is 5. The predicted molar refractivity (Wildman–Crippen MR) is 77.5 cm³/mol. The Labute approximate surface area is 118 Å². The van der Waals surface area contributed by atoms with Gasteiger partial charge in [0.25, 0.3) is 0 Å². The van der Waals surface area contributed by atoms with Crippen LogP contribution in [0.1, 0.15) is 37.0 Å². The Hall–Kier alpha value is -1.07. The van der Waals surface area contributed by atoms with Gasteiger partial charge in [0.15, 0.2) is 0 Å². The number of nitrogens with one attached hydrogen (secondary N) is 2. The lowest BCUT2D eigenvalue weighted by atomic mass is 10.1. The molecule has 2 rings (SSSR count). The van der Waals surface area contributed by atoms with Gasteiger partial charge in [-0.1, -0.05) is 13.0 Å². The van der Waals surface area contributed by atoms with Gasteiger partial charge in [-0.05, 0) is 36.6 Å². The minimum absolute atomic E-state index is 0.107. The summed E-state index contributed by atoms with van der Waals surface area (Å²) in [4.78, 5) is 13.0. The van der Waals surface area contributed by atoms with Crippen molar-refractivity contribution < 1.29 is 9.90 Å². The Morgan fingerprint density at radius 1 is 1.53 bits per heavy atom. The molecule has 0 unspecified atom stereocenters. The zero-order valence-corrected chi connectivity index (χ0v) is 12.1. The fourth-order valence-corrected chi connectivity index (χ4v) is 3.24. The first-order valence-electron chi connectivity index (χ1n) is 6.88. The number of urea groups is 1. The van der Waals surface area contributed by atoms with E-state index < -0.39 is 0 Å². The van der Waals surface area contributed by atoms with Crippen LogP contribution in [-0.4, -0.2) is 30.3 Å². The Bertz CT molecular complexity index is 394. The first kappa shape index (κ1) is 14.3. The van der Waals surface area contributed by atoms with Crippen LogP contribution < -0.4 is 10.6 Å². The molecule has 1 heterocycles. The minimum atomic E-state index is -0.172. The number of aliphatic hydroxyl groups excluding tert-OH is 1. The topological polar surface area (TPSA) is 61.4 Å². The molecular weight excluding hydrogens is 260 g/mol. The molecule has 2 amide bonds. The van der Waals surface area contributed by atoms with E-state index in [4.69, 9.17) is 0 Å². The Morgan fingerprint density at radius 3 is 3.00 bits per heavy atom. The molecule has 3 N–H and O–H groups in total. The number of hydrogen-bond donors (Lipinski definition) is 3. The lowest BCUT2D eigenvalue weighted by molar-refractivity contribution is 0.177. The smallest absolute Gasteiger partial charge is 0.314 e. The third-order valence-electron chi connectivity index (χ3n) is 3.66. The molecule has 0 saturated heterocycles. The van der Waals surface area contributed by atoms with E-state index in [0.29, 0.717) is 24.9 Å². The molecule has 4 nitrogen and oxygen atoms in total. The van der Waals surface area contributed by atoms with Crippen LogP contribution >= 0.6 is 11.3 Å². The van der Waals surface area contributed by atoms with Gasteiger partial charge in [-0.2, -0.15) is 0 Å². The van der Waals surface area contributed by atoms with Crippen molar-refractivity contribution in [2.24, 2.45) is 5.92 Å². The van der Waals surface area contributed by atoms with Crippen LogP contribution in [0.5, 0.6) is 0 Å². The van der Waals surface area contributed by atoms with Crippen molar-refractivity contribution in [3.05, 3.63) is 22.4 Å². The van der Waals surface area contributed by atoms with Crippen molar-refractivity contribution in [1.29, 1.82) is 0 Å². The van der Waals surface area contributed by atoms with E-state index in [2.05, 4.69) is 29.0 Å². The fraction of sp³-hybridized carbons (Fsp3) is 0.643. The highest BCUT2D eigenvalue weighted by Crippen LogP contribution is 2.24. The molecule has 0 bridgehead atoms. The van der Waals surface area contributed by atoms with Crippen molar-refractivity contribution in [2.75, 3.05) is 13.1 Å². The van der Waals surface area contributed by atoms with Gasteiger partial charge >= 0.3 is 6.03 Å². The molecule has 1 aliphatic rings. The fourth-order valence-electron chi connectivity index (χ4n) is 2.45. The highest BCUT2D eigenvalue weighted by atomic mass is 32.1. The van der Waals surface area contributed by atoms with Crippen molar-refractivity contribution in [3.63, 3.8) is 0 Å². The third kappa shape index (κ3) is 4.51. The second kappa shape index (κ2) is 6.91. The quantitative estimate of drug-likeness (QED) is 0.776. The molecule has 5 heteroatoms. The summed E-state index contributed by atoms with van der Waals surface area (Å²) in [5.74, 6) is 0.773. The van der Waals surface area contributed by atoms with Gasteiger partial charge in [-0.3, -0.25) is 0 Å². The molecule has 1 saturated carbocycles. The summed E-state index contributed by atoms with van der Waals surface area (Å²) in [5, 5.41) is 17.3. The SMILES string of the molecule is C[C@H](CNC(=O)NC[C@@H]1CC[C@H](O)C1)c1cccs1. The van der Waals surface area contributed by atoms with Gasteiger partial charge in [0.2, 0.25) is 0 Å². The molecule has 106 valence electrons. The van der Waals surface area contributed by atoms with E-state index in [-0.39, 0.29) is 12.1 Å². The molecule has 1 aromatic rings. The van der Waals surface area contributed by atoms with Gasteiger partial charge in [-0.25, -0.2) is 4.79 Å². The van der Waals surface area contributed by atoms with Crippen LogP contribution in [0, 0.1) is 5.92 Å². The molecule has 1 aliphatic carbocycles. The van der Waals surface area contributed by atoms with Gasteiger partial charge in [0.05, 0.1) is 6.10 Å². The van der Waals surface area contributed by atoms with Crippen LogP contribution in [0.4, 0.5) is 4.79 Å². The van der Waals surface area contributed by atoms with E-state index >= 15 is 0 Å². The minimum Gasteiger partial charge on any atom is -0.393 e. The lowest BCUT2D eigenvalue weighted by Crippen LogP contribution is -2.39. The lowest BCUT2D eigenvalue weighted by Gasteiger charge is -2.14. The Balaban J connectivity index is 1.62. The molecule has 19 heavy (non-hydrogen) atoms. The van der Waals surface area contributed by atoms with E-state index in [1.807, 2.05) is 6.07 Å². The number of amides is 2. The van der Waals surface area contributed by atoms with Crippen LogP contribution in [0.25, 0.3) is 0 Å². The Morgan fingerprint density at radius 2 is 2.37 bits per heavy atom. The van der Waals surface area contributed by atoms with Gasteiger partial charge in [-0.15, -0.1) is 11.3 Å². The number of hydrogen-bond acceptors (Lipinski definition) is 3. The second-order valence-corrected chi connectivity index (χ2v) is 6.32. The molecule has 0 aromatic carbocycles. The number of carbonyl (C=O) groups excluding carboxylic acids is 1. The zero-order chi connectivity index (χ0) is 13.7. The molecule has 1 fully saturated rings. The maximum Gasteiger partial charge on any atom is 0.314 e. The van der Waals surface area contributed by atoms with E-state index in [9.17, 15) is 9.90 Å². The number of carbonyl (C=O) groups is 1. The standard InChI is InChI=1S/C14H22N2O2S/c1-10(13-3-2-6-19-13)8-15-14(18)16-9-11-4-5-12(17)7-11/h2-3,6,10-12,17H,4-5,7-9H2,1H3,(H2,15,16,18)/t10-,11-,12+/m1/s1. The summed E-state index contributed by atoms with van der Waals surface area (Å²) >= 11 is 1.72. The normalized spacial score (nSPS) is 24.1. The first-order valence-corrected chi connectivity index (χ1v) is 7.76. The first-order chi connectivity index (χ1) is 9.15. The largest absolute Gasteiger partial charge is 0.393 e. The van der Waals surface area contributed by atoms with E-state index in [1.54, 1.807) is 11.3 Å². The highest BCUT2D eigenvalue weighted by molar-refractivity contribution is 7.10. The van der Waals surface area contributed by atoms with E-state index in [0.717, 1.165) is 19.3 Å². The van der Waals surface area contributed by atoms with Gasteiger partial charge < -0.3 is 15.7 Å². The Kier molecular flexibility index (Phi) is 5.22. The summed E-state index contributed by atoms with van der Waals surface area (Å²) in [7, 11) is 0. The van der Waals surface area contributed by atoms with Crippen molar-refractivity contribution in [2.45, 2.75) is 38.2 Å². The molecule has 3 atom stereocenters. The average molecular weight is 282 g/mol. The maximum atomic E-state index is 11.7. The average Bonchev–Trinajstić information content (AvgIpc) is 3.04. The molecule has 0 radical (unpaired) electrons. The summed E-state index contributed by atoms with van der Waals surface area (Å²) in [5.41, 5.74) is 0. The zero-order valence-electron chi connectivity index (χ0n) is 11.3. The summed E-state index contributed by atoms with van der Waals surface area (Å²) in [6.45, 7) is 3.43. The van der Waals surface area contributed by atoms with Crippen LogP contribution in [0.3, 0.4) is 0 Å². The molecule has 1 aromatic heterocycles.